The molecule has 0 fully saturated rings. The zero-order valence-electron chi connectivity index (χ0n) is 19.8. The van der Waals surface area contributed by atoms with Gasteiger partial charge in [0.15, 0.2) is 0 Å². The first-order valence-electron chi connectivity index (χ1n) is 12.3. The number of hydrogen-bond donors (Lipinski definition) is 0. The minimum Gasteiger partial charge on any atom is -0.372 e. The fourth-order valence-electron chi connectivity index (χ4n) is 4.57. The third kappa shape index (κ3) is 4.75. The summed E-state index contributed by atoms with van der Waals surface area (Å²) in [4.78, 5) is 2.54. The molecular weight excluding hydrogens is 388 g/mol. The first-order valence-corrected chi connectivity index (χ1v) is 12.3. The normalized spacial score (nSPS) is 11.7. The molecule has 2 nitrogen and oxygen atoms in total. The lowest BCUT2D eigenvalue weighted by atomic mass is 10.1. The van der Waals surface area contributed by atoms with Gasteiger partial charge in [0.05, 0.1) is 0 Å². The number of unbranched alkanes of at least 4 members (excludes halogenated alkanes) is 2. The summed E-state index contributed by atoms with van der Waals surface area (Å²) < 4.78 is 2.41. The van der Waals surface area contributed by atoms with E-state index >= 15 is 0 Å². The monoisotopic (exact) mass is 424 g/mol. The lowest BCUT2D eigenvalue weighted by Gasteiger charge is -2.24. The highest BCUT2D eigenvalue weighted by Crippen LogP contribution is 2.30. The molecule has 0 spiro atoms. The van der Waals surface area contributed by atoms with E-state index in [1.807, 2.05) is 0 Å². The highest BCUT2D eigenvalue weighted by Gasteiger charge is 2.09. The van der Waals surface area contributed by atoms with Gasteiger partial charge in [-0.05, 0) is 55.2 Å². The van der Waals surface area contributed by atoms with E-state index in [4.69, 9.17) is 0 Å². The van der Waals surface area contributed by atoms with Crippen LogP contribution >= 0.6 is 0 Å². The van der Waals surface area contributed by atoms with E-state index in [0.29, 0.717) is 0 Å². The topological polar surface area (TPSA) is 8.17 Å². The number of benzene rings is 3. The quantitative estimate of drug-likeness (QED) is 0.232. The van der Waals surface area contributed by atoms with Crippen LogP contribution in [0.2, 0.25) is 0 Å². The second-order valence-corrected chi connectivity index (χ2v) is 8.66. The molecule has 3 aromatic carbocycles. The van der Waals surface area contributed by atoms with Crippen molar-refractivity contribution in [2.75, 3.05) is 18.0 Å². The van der Waals surface area contributed by atoms with Crippen molar-refractivity contribution < 1.29 is 0 Å². The third-order valence-corrected chi connectivity index (χ3v) is 6.40. The molecule has 32 heavy (non-hydrogen) atoms. The van der Waals surface area contributed by atoms with Crippen molar-refractivity contribution in [1.29, 1.82) is 0 Å². The van der Waals surface area contributed by atoms with Crippen molar-refractivity contribution in [2.24, 2.45) is 0 Å². The molecule has 0 aliphatic heterocycles. The predicted molar refractivity (Wildman–Crippen MR) is 143 cm³/mol. The van der Waals surface area contributed by atoms with Gasteiger partial charge in [-0.3, -0.25) is 0 Å². The average molecular weight is 425 g/mol. The Morgan fingerprint density at radius 3 is 2.00 bits per heavy atom. The van der Waals surface area contributed by atoms with E-state index in [2.05, 4.69) is 109 Å². The Bertz CT molecular complexity index is 1170. The summed E-state index contributed by atoms with van der Waals surface area (Å²) in [6, 6.07) is 24.6. The molecule has 166 valence electrons. The van der Waals surface area contributed by atoms with Gasteiger partial charge in [-0.15, -0.1) is 0 Å². The minimum absolute atomic E-state index is 0.977. The Hall–Kier alpha value is -3.00. The second kappa shape index (κ2) is 10.5. The van der Waals surface area contributed by atoms with Crippen LogP contribution in [0, 0.1) is 0 Å². The van der Waals surface area contributed by atoms with Crippen molar-refractivity contribution in [2.45, 2.75) is 53.0 Å². The van der Waals surface area contributed by atoms with Gasteiger partial charge < -0.3 is 9.47 Å². The lowest BCUT2D eigenvalue weighted by molar-refractivity contribution is 0.678. The summed E-state index contributed by atoms with van der Waals surface area (Å²) >= 11 is 0. The van der Waals surface area contributed by atoms with Crippen LogP contribution in [0.4, 0.5) is 5.69 Å². The highest BCUT2D eigenvalue weighted by atomic mass is 15.1. The molecule has 1 heterocycles. The van der Waals surface area contributed by atoms with Crippen LogP contribution in [-0.4, -0.2) is 17.7 Å². The van der Waals surface area contributed by atoms with E-state index < -0.39 is 0 Å². The van der Waals surface area contributed by atoms with Crippen molar-refractivity contribution in [1.82, 2.24) is 4.57 Å². The van der Waals surface area contributed by atoms with Crippen molar-refractivity contribution in [3.8, 4) is 0 Å². The Kier molecular flexibility index (Phi) is 7.32. The standard InChI is InChI=1S/C30H36N2/c1-4-7-21-31(22-8-5-2)26-18-15-24(16-19-26)13-14-25-17-20-28-27-11-9-10-12-29(27)32(6-3)30(28)23-25/h9-20,23H,4-8,21-22H2,1-3H3. The fraction of sp³-hybridized carbons (Fsp3) is 0.333. The molecule has 0 aliphatic carbocycles. The van der Waals surface area contributed by atoms with Crippen LogP contribution in [0.5, 0.6) is 0 Å². The number of para-hydroxylation sites is 1. The van der Waals surface area contributed by atoms with E-state index in [1.165, 1.54) is 64.3 Å². The van der Waals surface area contributed by atoms with Gasteiger partial charge in [0.25, 0.3) is 0 Å². The van der Waals surface area contributed by atoms with E-state index in [0.717, 1.165) is 19.6 Å². The maximum Gasteiger partial charge on any atom is 0.0497 e. The van der Waals surface area contributed by atoms with Crippen LogP contribution in [0.25, 0.3) is 34.0 Å². The maximum absolute atomic E-state index is 2.54. The molecule has 0 saturated carbocycles. The van der Waals surface area contributed by atoms with Crippen molar-refractivity contribution in [3.05, 3.63) is 77.9 Å². The van der Waals surface area contributed by atoms with Gasteiger partial charge in [-0.1, -0.05) is 81.3 Å². The first kappa shape index (κ1) is 22.2. The number of fused-ring (bicyclic) bond motifs is 3. The second-order valence-electron chi connectivity index (χ2n) is 8.66. The van der Waals surface area contributed by atoms with Crippen LogP contribution in [0.3, 0.4) is 0 Å². The van der Waals surface area contributed by atoms with Gasteiger partial charge in [0.1, 0.15) is 0 Å². The summed E-state index contributed by atoms with van der Waals surface area (Å²) in [6.45, 7) is 10.0. The Morgan fingerprint density at radius 2 is 1.31 bits per heavy atom. The minimum atomic E-state index is 0.977. The molecule has 0 N–H and O–H groups in total. The van der Waals surface area contributed by atoms with Gasteiger partial charge in [-0.25, -0.2) is 0 Å². The molecule has 0 radical (unpaired) electrons. The zero-order valence-corrected chi connectivity index (χ0v) is 19.8. The molecule has 0 aliphatic rings. The molecule has 2 heteroatoms. The number of anilines is 1. The highest BCUT2D eigenvalue weighted by molar-refractivity contribution is 6.08. The largest absolute Gasteiger partial charge is 0.372 e. The summed E-state index contributed by atoms with van der Waals surface area (Å²) in [6.07, 6.45) is 9.45. The maximum atomic E-state index is 2.54. The molecule has 0 amide bonds. The average Bonchev–Trinajstić information content (AvgIpc) is 3.16. The summed E-state index contributed by atoms with van der Waals surface area (Å²) in [5.41, 5.74) is 6.46. The summed E-state index contributed by atoms with van der Waals surface area (Å²) in [5, 5.41) is 2.68. The molecular formula is C30H36N2. The van der Waals surface area contributed by atoms with Crippen molar-refractivity contribution >= 4 is 39.6 Å². The van der Waals surface area contributed by atoms with Crippen LogP contribution in [0.15, 0.2) is 66.7 Å². The van der Waals surface area contributed by atoms with Crippen molar-refractivity contribution in [3.63, 3.8) is 0 Å². The number of aryl methyl sites for hydroxylation is 1. The number of nitrogens with zero attached hydrogens (tertiary/aromatic N) is 2. The Morgan fingerprint density at radius 1 is 0.688 bits per heavy atom. The molecule has 4 rings (SSSR count). The number of rotatable bonds is 10. The SMILES string of the molecule is CCCCN(CCCC)c1ccc(C=Cc2ccc3c4ccccc4n(CC)c3c2)cc1. The zero-order chi connectivity index (χ0) is 22.3. The smallest absolute Gasteiger partial charge is 0.0497 e. The summed E-state index contributed by atoms with van der Waals surface area (Å²) in [5.74, 6) is 0. The van der Waals surface area contributed by atoms with Crippen LogP contribution < -0.4 is 4.90 Å². The predicted octanol–water partition coefficient (Wildman–Crippen LogP) is 8.39. The third-order valence-electron chi connectivity index (χ3n) is 6.40. The Balaban J connectivity index is 1.55. The molecule has 0 bridgehead atoms. The molecule has 0 saturated heterocycles. The molecule has 0 unspecified atom stereocenters. The molecule has 4 aromatic rings. The number of hydrogen-bond acceptors (Lipinski definition) is 1. The van der Waals surface area contributed by atoms with Gasteiger partial charge in [0.2, 0.25) is 0 Å². The molecule has 0 atom stereocenters. The van der Waals surface area contributed by atoms with Gasteiger partial charge in [-0.2, -0.15) is 0 Å². The first-order chi connectivity index (χ1) is 15.7. The lowest BCUT2D eigenvalue weighted by Crippen LogP contribution is -2.25. The van der Waals surface area contributed by atoms with E-state index in [1.54, 1.807) is 0 Å². The number of aromatic nitrogens is 1. The van der Waals surface area contributed by atoms with E-state index in [-0.39, 0.29) is 0 Å². The van der Waals surface area contributed by atoms with Gasteiger partial charge >= 0.3 is 0 Å². The summed E-state index contributed by atoms with van der Waals surface area (Å²) in [7, 11) is 0. The van der Waals surface area contributed by atoms with Crippen LogP contribution in [-0.2, 0) is 6.54 Å². The fourth-order valence-corrected chi connectivity index (χ4v) is 4.57. The van der Waals surface area contributed by atoms with E-state index in [9.17, 15) is 0 Å². The Labute approximate surface area is 193 Å². The molecule has 1 aromatic heterocycles. The van der Waals surface area contributed by atoms with Crippen LogP contribution in [0.1, 0.15) is 57.6 Å². The van der Waals surface area contributed by atoms with Gasteiger partial charge in [0, 0.05) is 47.1 Å².